The fraction of sp³-hybridized carbons (Fsp3) is 0.455. The summed E-state index contributed by atoms with van der Waals surface area (Å²) in [5.74, 6) is 0.174. The Balaban J connectivity index is 2.33. The van der Waals surface area contributed by atoms with Gasteiger partial charge in [-0.2, -0.15) is 5.10 Å². The van der Waals surface area contributed by atoms with Crippen LogP contribution in [0.5, 0.6) is 0 Å². The van der Waals surface area contributed by atoms with Gasteiger partial charge in [-0.3, -0.25) is 9.48 Å². The SMILES string of the molecule is C=CCNCC(=O)Cc1cnn(CC)c1. The molecule has 0 bridgehead atoms. The second kappa shape index (κ2) is 6.14. The van der Waals surface area contributed by atoms with E-state index in [0.717, 1.165) is 12.1 Å². The van der Waals surface area contributed by atoms with E-state index in [-0.39, 0.29) is 5.78 Å². The van der Waals surface area contributed by atoms with E-state index in [1.807, 2.05) is 17.8 Å². The summed E-state index contributed by atoms with van der Waals surface area (Å²) in [5.41, 5.74) is 0.974. The highest BCUT2D eigenvalue weighted by Crippen LogP contribution is 1.99. The van der Waals surface area contributed by atoms with Gasteiger partial charge in [0.1, 0.15) is 0 Å². The lowest BCUT2D eigenvalue weighted by atomic mass is 10.2. The minimum Gasteiger partial charge on any atom is -0.307 e. The standard InChI is InChI=1S/C11H17N3O/c1-3-5-12-8-11(15)6-10-7-13-14(4-2)9-10/h3,7,9,12H,1,4-6,8H2,2H3. The smallest absolute Gasteiger partial charge is 0.151 e. The van der Waals surface area contributed by atoms with Gasteiger partial charge in [-0.1, -0.05) is 6.08 Å². The number of rotatable bonds is 7. The van der Waals surface area contributed by atoms with E-state index >= 15 is 0 Å². The number of aromatic nitrogens is 2. The zero-order valence-electron chi connectivity index (χ0n) is 9.07. The first-order valence-electron chi connectivity index (χ1n) is 5.11. The van der Waals surface area contributed by atoms with Crippen molar-refractivity contribution >= 4 is 5.78 Å². The normalized spacial score (nSPS) is 10.2. The Kier molecular flexibility index (Phi) is 4.77. The van der Waals surface area contributed by atoms with Crippen molar-refractivity contribution in [3.63, 3.8) is 0 Å². The molecule has 0 saturated carbocycles. The van der Waals surface area contributed by atoms with Crippen LogP contribution in [0.1, 0.15) is 12.5 Å². The zero-order valence-corrected chi connectivity index (χ0v) is 9.07. The molecule has 0 aromatic carbocycles. The van der Waals surface area contributed by atoms with Gasteiger partial charge in [0, 0.05) is 25.7 Å². The van der Waals surface area contributed by atoms with Crippen LogP contribution in [0.3, 0.4) is 0 Å². The molecule has 4 heteroatoms. The summed E-state index contributed by atoms with van der Waals surface area (Å²) in [6.45, 7) is 7.48. The number of carbonyl (C=O) groups is 1. The summed E-state index contributed by atoms with van der Waals surface area (Å²) in [7, 11) is 0. The minimum absolute atomic E-state index is 0.174. The van der Waals surface area contributed by atoms with E-state index in [0.29, 0.717) is 19.5 Å². The average molecular weight is 207 g/mol. The van der Waals surface area contributed by atoms with Crippen LogP contribution in [0.2, 0.25) is 0 Å². The first-order chi connectivity index (χ1) is 7.26. The molecule has 0 saturated heterocycles. The summed E-state index contributed by atoms with van der Waals surface area (Å²) in [4.78, 5) is 11.5. The van der Waals surface area contributed by atoms with E-state index in [2.05, 4.69) is 17.0 Å². The van der Waals surface area contributed by atoms with Gasteiger partial charge in [0.05, 0.1) is 12.7 Å². The number of hydrogen-bond donors (Lipinski definition) is 1. The molecule has 15 heavy (non-hydrogen) atoms. The molecule has 0 aliphatic heterocycles. The van der Waals surface area contributed by atoms with E-state index in [9.17, 15) is 4.79 Å². The van der Waals surface area contributed by atoms with Gasteiger partial charge in [-0.15, -0.1) is 6.58 Å². The molecule has 1 aromatic heterocycles. The number of Topliss-reactive ketones (excluding diaryl/α,β-unsaturated/α-hetero) is 1. The first kappa shape index (κ1) is 11.7. The van der Waals surface area contributed by atoms with Crippen molar-refractivity contribution in [3.8, 4) is 0 Å². The molecule has 82 valence electrons. The van der Waals surface area contributed by atoms with Crippen LogP contribution in [0.4, 0.5) is 0 Å². The second-order valence-electron chi connectivity index (χ2n) is 3.34. The highest BCUT2D eigenvalue weighted by atomic mass is 16.1. The van der Waals surface area contributed by atoms with Crippen LogP contribution in [-0.4, -0.2) is 28.7 Å². The predicted octanol–water partition coefficient (Wildman–Crippen LogP) is 0.790. The lowest BCUT2D eigenvalue weighted by Crippen LogP contribution is -2.24. The van der Waals surface area contributed by atoms with Crippen molar-refractivity contribution in [1.29, 1.82) is 0 Å². The van der Waals surface area contributed by atoms with Crippen molar-refractivity contribution in [2.75, 3.05) is 13.1 Å². The molecule has 1 rings (SSSR count). The molecule has 1 N–H and O–H groups in total. The highest BCUT2D eigenvalue weighted by Gasteiger charge is 2.04. The average Bonchev–Trinajstić information content (AvgIpc) is 2.66. The van der Waals surface area contributed by atoms with Crippen molar-refractivity contribution in [2.45, 2.75) is 19.9 Å². The molecular formula is C11H17N3O. The van der Waals surface area contributed by atoms with Gasteiger partial charge < -0.3 is 5.32 Å². The maximum atomic E-state index is 11.5. The van der Waals surface area contributed by atoms with Crippen LogP contribution in [0.15, 0.2) is 25.0 Å². The molecule has 4 nitrogen and oxygen atoms in total. The van der Waals surface area contributed by atoms with Gasteiger partial charge in [-0.05, 0) is 12.5 Å². The first-order valence-corrected chi connectivity index (χ1v) is 5.11. The molecule has 1 heterocycles. The van der Waals surface area contributed by atoms with Gasteiger partial charge in [0.25, 0.3) is 0 Å². The quantitative estimate of drug-likeness (QED) is 0.531. The fourth-order valence-electron chi connectivity index (χ4n) is 1.27. The monoisotopic (exact) mass is 207 g/mol. The van der Waals surface area contributed by atoms with Crippen LogP contribution in [-0.2, 0) is 17.8 Å². The number of aryl methyl sites for hydroxylation is 1. The Hall–Kier alpha value is -1.42. The second-order valence-corrected chi connectivity index (χ2v) is 3.34. The Morgan fingerprint density at radius 1 is 1.73 bits per heavy atom. The Labute approximate surface area is 90.0 Å². The number of hydrogen-bond acceptors (Lipinski definition) is 3. The molecule has 0 unspecified atom stereocenters. The largest absolute Gasteiger partial charge is 0.307 e. The van der Waals surface area contributed by atoms with E-state index in [1.165, 1.54) is 0 Å². The number of carbonyl (C=O) groups excluding carboxylic acids is 1. The summed E-state index contributed by atoms with van der Waals surface area (Å²) in [6.07, 6.45) is 5.84. The van der Waals surface area contributed by atoms with E-state index in [4.69, 9.17) is 0 Å². The molecule has 0 aliphatic rings. The molecule has 0 fully saturated rings. The van der Waals surface area contributed by atoms with Crippen LogP contribution in [0, 0.1) is 0 Å². The molecule has 1 aromatic rings. The third kappa shape index (κ3) is 4.08. The van der Waals surface area contributed by atoms with Crippen molar-refractivity contribution in [3.05, 3.63) is 30.6 Å². The van der Waals surface area contributed by atoms with Gasteiger partial charge in [-0.25, -0.2) is 0 Å². The summed E-state index contributed by atoms with van der Waals surface area (Å²) < 4.78 is 1.82. The third-order valence-electron chi connectivity index (χ3n) is 2.02. The Morgan fingerprint density at radius 3 is 3.13 bits per heavy atom. The molecule has 0 atom stereocenters. The van der Waals surface area contributed by atoms with E-state index < -0.39 is 0 Å². The van der Waals surface area contributed by atoms with Gasteiger partial charge in [0.15, 0.2) is 5.78 Å². The zero-order chi connectivity index (χ0) is 11.1. The predicted molar refractivity (Wildman–Crippen MR) is 59.7 cm³/mol. The topological polar surface area (TPSA) is 46.9 Å². The molecular weight excluding hydrogens is 190 g/mol. The van der Waals surface area contributed by atoms with Crippen LogP contribution in [0.25, 0.3) is 0 Å². The maximum absolute atomic E-state index is 11.5. The molecule has 0 aliphatic carbocycles. The van der Waals surface area contributed by atoms with Crippen LogP contribution < -0.4 is 5.32 Å². The summed E-state index contributed by atoms with van der Waals surface area (Å²) >= 11 is 0. The Bertz CT molecular complexity index is 330. The number of ketones is 1. The van der Waals surface area contributed by atoms with Gasteiger partial charge in [0.2, 0.25) is 0 Å². The Morgan fingerprint density at radius 2 is 2.53 bits per heavy atom. The molecule has 0 amide bonds. The summed E-state index contributed by atoms with van der Waals surface area (Å²) in [5, 5.41) is 7.09. The molecule has 0 spiro atoms. The number of nitrogens with one attached hydrogen (secondary N) is 1. The summed E-state index contributed by atoms with van der Waals surface area (Å²) in [6, 6.07) is 0. The van der Waals surface area contributed by atoms with Crippen molar-refractivity contribution in [1.82, 2.24) is 15.1 Å². The third-order valence-corrected chi connectivity index (χ3v) is 2.02. The van der Waals surface area contributed by atoms with Crippen molar-refractivity contribution < 1.29 is 4.79 Å². The fourth-order valence-corrected chi connectivity index (χ4v) is 1.27. The highest BCUT2D eigenvalue weighted by molar-refractivity contribution is 5.82. The number of nitrogens with zero attached hydrogens (tertiary/aromatic N) is 2. The molecule has 0 radical (unpaired) electrons. The van der Waals surface area contributed by atoms with E-state index in [1.54, 1.807) is 12.3 Å². The lowest BCUT2D eigenvalue weighted by molar-refractivity contribution is -0.117. The maximum Gasteiger partial charge on any atom is 0.151 e. The minimum atomic E-state index is 0.174. The van der Waals surface area contributed by atoms with Crippen LogP contribution >= 0.6 is 0 Å². The lowest BCUT2D eigenvalue weighted by Gasteiger charge is -1.99. The van der Waals surface area contributed by atoms with Crippen molar-refractivity contribution in [2.24, 2.45) is 0 Å². The van der Waals surface area contributed by atoms with Gasteiger partial charge >= 0.3 is 0 Å².